The number of carbonyl (C=O) groups is 2. The minimum atomic E-state index is -0.441. The summed E-state index contributed by atoms with van der Waals surface area (Å²) in [6, 6.07) is 0. The Balaban J connectivity index is 1.92. The van der Waals surface area contributed by atoms with Crippen molar-refractivity contribution in [3.63, 3.8) is 0 Å². The molecule has 0 aromatic heterocycles. The van der Waals surface area contributed by atoms with Crippen LogP contribution in [0.15, 0.2) is 47.1 Å². The van der Waals surface area contributed by atoms with Crippen LogP contribution in [0.2, 0.25) is 0 Å². The lowest BCUT2D eigenvalue weighted by molar-refractivity contribution is -0.140. The highest BCUT2D eigenvalue weighted by Gasteiger charge is 2.40. The summed E-state index contributed by atoms with van der Waals surface area (Å²) < 4.78 is 10.4. The van der Waals surface area contributed by atoms with Gasteiger partial charge in [0.2, 0.25) is 0 Å². The fourth-order valence-electron chi connectivity index (χ4n) is 5.03. The fraction of sp³-hybridized carbons (Fsp3) is 0.630. The second-order valence-corrected chi connectivity index (χ2v) is 9.50. The molecule has 5 heteroatoms. The molecule has 0 aromatic rings. The summed E-state index contributed by atoms with van der Waals surface area (Å²) in [5.74, 6) is -0.0353. The van der Waals surface area contributed by atoms with E-state index in [1.54, 1.807) is 0 Å². The number of aliphatic hydroxyl groups is 1. The number of ether oxygens (including phenoxy) is 2. The Bertz CT molecular complexity index is 788. The molecule has 0 saturated heterocycles. The van der Waals surface area contributed by atoms with Crippen molar-refractivity contribution in [3.8, 4) is 0 Å². The number of allylic oxidation sites excluding steroid dienone is 3. The number of aliphatic hydroxyl groups excluding tert-OH is 1. The summed E-state index contributed by atoms with van der Waals surface area (Å²) in [5.41, 5.74) is 4.57. The van der Waals surface area contributed by atoms with Gasteiger partial charge in [0, 0.05) is 25.0 Å². The molecule has 2 aliphatic rings. The van der Waals surface area contributed by atoms with Crippen molar-refractivity contribution in [1.82, 2.24) is 0 Å². The van der Waals surface area contributed by atoms with Gasteiger partial charge in [0.1, 0.15) is 12.7 Å². The molecule has 5 nitrogen and oxygen atoms in total. The molecule has 0 spiro atoms. The minimum absolute atomic E-state index is 0.199. The van der Waals surface area contributed by atoms with E-state index >= 15 is 0 Å². The van der Waals surface area contributed by atoms with Gasteiger partial charge in [-0.15, -0.1) is 0 Å². The topological polar surface area (TPSA) is 72.8 Å². The Morgan fingerprint density at radius 1 is 1.31 bits per heavy atom. The Labute approximate surface area is 193 Å². The average molecular weight is 445 g/mol. The number of carbonyl (C=O) groups excluding carboxylic acids is 2. The summed E-state index contributed by atoms with van der Waals surface area (Å²) in [7, 11) is 0. The molecule has 1 aliphatic carbocycles. The van der Waals surface area contributed by atoms with E-state index in [-0.39, 0.29) is 24.6 Å². The summed E-state index contributed by atoms with van der Waals surface area (Å²) in [6.07, 6.45) is 13.3. The molecule has 1 heterocycles. The van der Waals surface area contributed by atoms with Gasteiger partial charge in [-0.25, -0.2) is 4.79 Å². The van der Waals surface area contributed by atoms with E-state index in [0.29, 0.717) is 17.9 Å². The first-order chi connectivity index (χ1) is 15.2. The van der Waals surface area contributed by atoms with Crippen LogP contribution in [0.1, 0.15) is 79.1 Å². The highest BCUT2D eigenvalue weighted by Crippen LogP contribution is 2.51. The van der Waals surface area contributed by atoms with Crippen molar-refractivity contribution in [1.29, 1.82) is 0 Å². The van der Waals surface area contributed by atoms with E-state index in [0.717, 1.165) is 31.3 Å². The third-order valence-electron chi connectivity index (χ3n) is 7.22. The van der Waals surface area contributed by atoms with Gasteiger partial charge in [0.25, 0.3) is 0 Å². The molecule has 2 rings (SSSR count). The second kappa shape index (κ2) is 12.2. The zero-order valence-electron chi connectivity index (χ0n) is 20.2. The summed E-state index contributed by atoms with van der Waals surface area (Å²) in [6.45, 7) is 12.5. The zero-order valence-corrected chi connectivity index (χ0v) is 20.2. The van der Waals surface area contributed by atoms with Crippen LogP contribution in [0.4, 0.5) is 0 Å². The molecule has 0 radical (unpaired) electrons. The molecular weight excluding hydrogens is 404 g/mol. The monoisotopic (exact) mass is 444 g/mol. The zero-order chi connectivity index (χ0) is 23.7. The molecule has 1 saturated carbocycles. The Kier molecular flexibility index (Phi) is 9.95. The van der Waals surface area contributed by atoms with Crippen LogP contribution in [0, 0.1) is 11.3 Å². The lowest BCUT2D eigenvalue weighted by Crippen LogP contribution is -2.24. The van der Waals surface area contributed by atoms with Crippen LogP contribution in [-0.2, 0) is 19.1 Å². The van der Waals surface area contributed by atoms with Crippen LogP contribution in [0.3, 0.4) is 0 Å². The van der Waals surface area contributed by atoms with E-state index in [2.05, 4.69) is 33.4 Å². The molecule has 32 heavy (non-hydrogen) atoms. The van der Waals surface area contributed by atoms with Crippen LogP contribution in [0.5, 0.6) is 0 Å². The van der Waals surface area contributed by atoms with Crippen LogP contribution in [-0.4, -0.2) is 36.4 Å². The van der Waals surface area contributed by atoms with Crippen molar-refractivity contribution in [2.45, 2.75) is 85.2 Å². The molecule has 0 unspecified atom stereocenters. The Hall–Kier alpha value is -2.14. The molecule has 0 amide bonds. The van der Waals surface area contributed by atoms with Crippen LogP contribution < -0.4 is 0 Å². The first-order valence-electron chi connectivity index (χ1n) is 11.8. The lowest BCUT2D eigenvalue weighted by Gasteiger charge is -2.35. The predicted octanol–water partition coefficient (Wildman–Crippen LogP) is 5.60. The maximum absolute atomic E-state index is 11.5. The fourth-order valence-corrected chi connectivity index (χ4v) is 5.03. The number of hydrogen-bond donors (Lipinski definition) is 1. The highest BCUT2D eigenvalue weighted by molar-refractivity contribution is 5.85. The normalized spacial score (nSPS) is 26.2. The Morgan fingerprint density at radius 3 is 2.66 bits per heavy atom. The van der Waals surface area contributed by atoms with E-state index in [9.17, 15) is 14.7 Å². The molecule has 1 N–H and O–H groups in total. The smallest absolute Gasteiger partial charge is 0.331 e. The van der Waals surface area contributed by atoms with E-state index in [1.165, 1.54) is 43.4 Å². The summed E-state index contributed by atoms with van der Waals surface area (Å²) in [5, 5.41) is 9.39. The first kappa shape index (κ1) is 26.1. The predicted molar refractivity (Wildman–Crippen MR) is 127 cm³/mol. The quantitative estimate of drug-likeness (QED) is 0.313. The van der Waals surface area contributed by atoms with Crippen molar-refractivity contribution < 1.29 is 24.2 Å². The molecular formula is C27H40O5. The Morgan fingerprint density at radius 2 is 2.06 bits per heavy atom. The molecule has 1 fully saturated rings. The number of esters is 2. The standard InChI is InChI=1S/C27H40O5/c1-19(2)27(14-7-9-21(27)4)15-13-20(3)8-6-10-23(18-31-22(5)29)11-12-25-24(17-28)16-26(30)32-25/h8,11,16,21,25,28H,1,6-7,9-10,12-15,17-18H2,2-5H3/b20-8+,23-11-/t21-,25-,27+/m1/s1. The van der Waals surface area contributed by atoms with Crippen LogP contribution >= 0.6 is 0 Å². The van der Waals surface area contributed by atoms with E-state index < -0.39 is 12.1 Å². The maximum Gasteiger partial charge on any atom is 0.331 e. The van der Waals surface area contributed by atoms with Crippen molar-refractivity contribution in [2.24, 2.45) is 11.3 Å². The maximum atomic E-state index is 11.5. The number of cyclic esters (lactones) is 1. The van der Waals surface area contributed by atoms with Gasteiger partial charge < -0.3 is 14.6 Å². The molecule has 0 bridgehead atoms. The third kappa shape index (κ3) is 7.19. The molecule has 1 aliphatic heterocycles. The molecule has 0 aromatic carbocycles. The van der Waals surface area contributed by atoms with Gasteiger partial charge >= 0.3 is 11.9 Å². The summed E-state index contributed by atoms with van der Waals surface area (Å²) >= 11 is 0. The first-order valence-corrected chi connectivity index (χ1v) is 11.8. The van der Waals surface area contributed by atoms with Crippen LogP contribution in [0.25, 0.3) is 0 Å². The minimum Gasteiger partial charge on any atom is -0.461 e. The molecule has 178 valence electrons. The third-order valence-corrected chi connectivity index (χ3v) is 7.22. The average Bonchev–Trinajstić information content (AvgIpc) is 3.30. The van der Waals surface area contributed by atoms with E-state index in [4.69, 9.17) is 9.47 Å². The SMILES string of the molecule is C=C(C)[C@@]1(CC/C(C)=C/CC/C(=C/C[C@H]2OC(=O)C=C2CO)COC(C)=O)CCC[C@H]1C. The highest BCUT2D eigenvalue weighted by atomic mass is 16.5. The number of rotatable bonds is 12. The van der Waals surface area contributed by atoms with Gasteiger partial charge in [-0.05, 0) is 69.3 Å². The van der Waals surface area contributed by atoms with Crippen molar-refractivity contribution in [2.75, 3.05) is 13.2 Å². The largest absolute Gasteiger partial charge is 0.461 e. The van der Waals surface area contributed by atoms with Gasteiger partial charge in [0.05, 0.1) is 6.61 Å². The van der Waals surface area contributed by atoms with Crippen molar-refractivity contribution in [3.05, 3.63) is 47.1 Å². The lowest BCUT2D eigenvalue weighted by atomic mass is 9.70. The van der Waals surface area contributed by atoms with Crippen molar-refractivity contribution >= 4 is 11.9 Å². The summed E-state index contributed by atoms with van der Waals surface area (Å²) in [4.78, 5) is 22.7. The van der Waals surface area contributed by atoms with E-state index in [1.807, 2.05) is 6.08 Å². The van der Waals surface area contributed by atoms with Gasteiger partial charge in [0.15, 0.2) is 0 Å². The van der Waals surface area contributed by atoms with Gasteiger partial charge in [-0.3, -0.25) is 4.79 Å². The van der Waals surface area contributed by atoms with Gasteiger partial charge in [-0.1, -0.05) is 43.2 Å². The van der Waals surface area contributed by atoms with Gasteiger partial charge in [-0.2, -0.15) is 0 Å². The number of hydrogen-bond acceptors (Lipinski definition) is 5. The second-order valence-electron chi connectivity index (χ2n) is 9.50. The molecule has 3 atom stereocenters.